The summed E-state index contributed by atoms with van der Waals surface area (Å²) in [7, 11) is 0. The average Bonchev–Trinajstić information content (AvgIpc) is 3.33. The summed E-state index contributed by atoms with van der Waals surface area (Å²) in [4.78, 5) is 28.9. The summed E-state index contributed by atoms with van der Waals surface area (Å²) in [6.45, 7) is 1.91. The first-order chi connectivity index (χ1) is 13.1. The van der Waals surface area contributed by atoms with E-state index in [1.807, 2.05) is 0 Å². The lowest BCUT2D eigenvalue weighted by Gasteiger charge is -2.16. The summed E-state index contributed by atoms with van der Waals surface area (Å²) in [6, 6.07) is 9.83. The molecule has 1 unspecified atom stereocenters. The van der Waals surface area contributed by atoms with Crippen LogP contribution in [0.25, 0.3) is 11.1 Å². The highest BCUT2D eigenvalue weighted by atomic mass is 16.7. The zero-order valence-electron chi connectivity index (χ0n) is 14.4. The van der Waals surface area contributed by atoms with Gasteiger partial charge in [-0.15, -0.1) is 0 Å². The Morgan fingerprint density at radius 2 is 2.04 bits per heavy atom. The van der Waals surface area contributed by atoms with Gasteiger partial charge in [-0.2, -0.15) is 0 Å². The maximum atomic E-state index is 12.5. The summed E-state index contributed by atoms with van der Waals surface area (Å²) in [5, 5.41) is 2.72. The Bertz CT molecular complexity index is 1010. The van der Waals surface area contributed by atoms with Gasteiger partial charge < -0.3 is 23.9 Å². The second-order valence-corrected chi connectivity index (χ2v) is 5.89. The van der Waals surface area contributed by atoms with Gasteiger partial charge >= 0.3 is 5.97 Å². The van der Waals surface area contributed by atoms with E-state index >= 15 is 0 Å². The van der Waals surface area contributed by atoms with Crippen LogP contribution in [0.4, 0.5) is 5.69 Å². The number of oxazole rings is 1. The molecule has 0 spiro atoms. The fourth-order valence-electron chi connectivity index (χ4n) is 2.70. The molecule has 2 heterocycles. The summed E-state index contributed by atoms with van der Waals surface area (Å²) in [6.07, 6.45) is 0.688. The molecule has 0 radical (unpaired) electrons. The molecular formula is C19H16N2O6. The molecule has 138 valence electrons. The number of aromatic nitrogens is 1. The second-order valence-electron chi connectivity index (χ2n) is 5.89. The van der Waals surface area contributed by atoms with Crippen LogP contribution in [0.5, 0.6) is 11.5 Å². The predicted octanol–water partition coefficient (Wildman–Crippen LogP) is 3.13. The fraction of sp³-hybridized carbons (Fsp3) is 0.211. The van der Waals surface area contributed by atoms with Gasteiger partial charge in [-0.05, 0) is 36.8 Å². The number of esters is 1. The molecule has 0 bridgehead atoms. The minimum atomic E-state index is -0.937. The Kier molecular flexibility index (Phi) is 4.37. The zero-order valence-corrected chi connectivity index (χ0v) is 14.4. The van der Waals surface area contributed by atoms with Gasteiger partial charge in [-0.3, -0.25) is 4.79 Å². The molecule has 2 aromatic carbocycles. The molecule has 0 saturated heterocycles. The minimum Gasteiger partial charge on any atom is -0.454 e. The molecule has 1 atom stereocenters. The SMILES string of the molecule is CCC(OC(=O)c1ccc2ncoc2c1)C(=O)Nc1ccc2c(c1)OCO2. The minimum absolute atomic E-state index is 0.150. The molecule has 8 nitrogen and oxygen atoms in total. The van der Waals surface area contributed by atoms with Gasteiger partial charge in [-0.25, -0.2) is 9.78 Å². The Morgan fingerprint density at radius 1 is 1.19 bits per heavy atom. The van der Waals surface area contributed by atoms with Crippen LogP contribution >= 0.6 is 0 Å². The average molecular weight is 368 g/mol. The van der Waals surface area contributed by atoms with Crippen LogP contribution in [0.3, 0.4) is 0 Å². The van der Waals surface area contributed by atoms with E-state index in [-0.39, 0.29) is 12.4 Å². The summed E-state index contributed by atoms with van der Waals surface area (Å²) in [5.74, 6) is 0.138. The molecule has 1 N–H and O–H groups in total. The number of nitrogens with zero attached hydrogens (tertiary/aromatic N) is 1. The molecule has 27 heavy (non-hydrogen) atoms. The van der Waals surface area contributed by atoms with E-state index in [4.69, 9.17) is 18.6 Å². The molecule has 1 aliphatic heterocycles. The number of benzene rings is 2. The largest absolute Gasteiger partial charge is 0.454 e. The van der Waals surface area contributed by atoms with Crippen LogP contribution in [0, 0.1) is 0 Å². The number of ether oxygens (including phenoxy) is 3. The third kappa shape index (κ3) is 3.41. The van der Waals surface area contributed by atoms with Crippen molar-refractivity contribution in [3.8, 4) is 11.5 Å². The van der Waals surface area contributed by atoms with Crippen molar-refractivity contribution in [3.63, 3.8) is 0 Å². The Hall–Kier alpha value is -3.55. The molecule has 1 aliphatic rings. The first kappa shape index (κ1) is 16.9. The van der Waals surface area contributed by atoms with Gasteiger partial charge in [0.15, 0.2) is 29.6 Å². The maximum Gasteiger partial charge on any atom is 0.339 e. The van der Waals surface area contributed by atoms with E-state index in [2.05, 4.69) is 10.3 Å². The molecular weight excluding hydrogens is 352 g/mol. The molecule has 0 saturated carbocycles. The molecule has 0 aliphatic carbocycles. The summed E-state index contributed by atoms with van der Waals surface area (Å²) >= 11 is 0. The van der Waals surface area contributed by atoms with Crippen LogP contribution in [-0.2, 0) is 9.53 Å². The molecule has 1 amide bonds. The maximum absolute atomic E-state index is 12.5. The van der Waals surface area contributed by atoms with Crippen molar-refractivity contribution < 1.29 is 28.2 Å². The van der Waals surface area contributed by atoms with Crippen molar-refractivity contribution in [2.24, 2.45) is 0 Å². The quantitative estimate of drug-likeness (QED) is 0.691. The highest BCUT2D eigenvalue weighted by Crippen LogP contribution is 2.34. The smallest absolute Gasteiger partial charge is 0.339 e. The van der Waals surface area contributed by atoms with E-state index in [1.54, 1.807) is 37.3 Å². The van der Waals surface area contributed by atoms with Crippen LogP contribution in [0.1, 0.15) is 23.7 Å². The number of nitrogens with one attached hydrogen (secondary N) is 1. The lowest BCUT2D eigenvalue weighted by molar-refractivity contribution is -0.124. The molecule has 1 aromatic heterocycles. The monoisotopic (exact) mass is 368 g/mol. The van der Waals surface area contributed by atoms with Gasteiger partial charge in [0.25, 0.3) is 5.91 Å². The van der Waals surface area contributed by atoms with Gasteiger partial charge in [0.1, 0.15) is 5.52 Å². The van der Waals surface area contributed by atoms with Gasteiger partial charge in [0.2, 0.25) is 6.79 Å². The first-order valence-electron chi connectivity index (χ1n) is 8.39. The number of anilines is 1. The highest BCUT2D eigenvalue weighted by Gasteiger charge is 2.23. The molecule has 8 heteroatoms. The van der Waals surface area contributed by atoms with Crippen molar-refractivity contribution in [1.29, 1.82) is 0 Å². The summed E-state index contributed by atoms with van der Waals surface area (Å²) < 4.78 is 21.1. The molecule has 0 fully saturated rings. The Balaban J connectivity index is 1.44. The van der Waals surface area contributed by atoms with Gasteiger partial charge in [0.05, 0.1) is 5.56 Å². The fourth-order valence-corrected chi connectivity index (χ4v) is 2.70. The van der Waals surface area contributed by atoms with Crippen LogP contribution < -0.4 is 14.8 Å². The molecule has 4 rings (SSSR count). The summed E-state index contributed by atoms with van der Waals surface area (Å²) in [5.41, 5.74) is 1.93. The first-order valence-corrected chi connectivity index (χ1v) is 8.39. The highest BCUT2D eigenvalue weighted by molar-refractivity contribution is 5.98. The number of rotatable bonds is 5. The van der Waals surface area contributed by atoms with E-state index in [0.29, 0.717) is 34.7 Å². The third-order valence-electron chi connectivity index (χ3n) is 4.12. The van der Waals surface area contributed by atoms with Crippen molar-refractivity contribution in [1.82, 2.24) is 4.98 Å². The Morgan fingerprint density at radius 3 is 2.89 bits per heavy atom. The predicted molar refractivity (Wildman–Crippen MR) is 94.7 cm³/mol. The normalized spacial score (nSPS) is 13.4. The van der Waals surface area contributed by atoms with Gasteiger partial charge in [0, 0.05) is 11.8 Å². The number of hydrogen-bond donors (Lipinski definition) is 1. The van der Waals surface area contributed by atoms with Crippen molar-refractivity contribution in [3.05, 3.63) is 48.4 Å². The Labute approximate surface area is 154 Å². The van der Waals surface area contributed by atoms with Crippen LogP contribution in [0.2, 0.25) is 0 Å². The van der Waals surface area contributed by atoms with Crippen molar-refractivity contribution in [2.75, 3.05) is 12.1 Å². The standard InChI is InChI=1S/C19H16N2O6/c1-2-14(18(22)21-12-4-6-15-17(8-12)26-10-25-15)27-19(23)11-3-5-13-16(7-11)24-9-20-13/h3-9,14H,2,10H2,1H3,(H,21,22). The number of hydrogen-bond acceptors (Lipinski definition) is 7. The molecule has 3 aromatic rings. The van der Waals surface area contributed by atoms with Gasteiger partial charge in [-0.1, -0.05) is 6.92 Å². The van der Waals surface area contributed by atoms with Crippen LogP contribution in [0.15, 0.2) is 47.2 Å². The number of fused-ring (bicyclic) bond motifs is 2. The topological polar surface area (TPSA) is 99.9 Å². The third-order valence-corrected chi connectivity index (χ3v) is 4.12. The van der Waals surface area contributed by atoms with E-state index < -0.39 is 18.0 Å². The van der Waals surface area contributed by atoms with Crippen molar-refractivity contribution >= 4 is 28.7 Å². The zero-order chi connectivity index (χ0) is 18.8. The second kappa shape index (κ2) is 6.99. The lowest BCUT2D eigenvalue weighted by Crippen LogP contribution is -2.32. The number of carbonyl (C=O) groups excluding carboxylic acids is 2. The van der Waals surface area contributed by atoms with E-state index in [0.717, 1.165) is 0 Å². The van der Waals surface area contributed by atoms with E-state index in [1.165, 1.54) is 12.5 Å². The number of carbonyl (C=O) groups is 2. The lowest BCUT2D eigenvalue weighted by atomic mass is 10.2. The van der Waals surface area contributed by atoms with Crippen molar-refractivity contribution in [2.45, 2.75) is 19.4 Å². The number of amides is 1. The van der Waals surface area contributed by atoms with E-state index in [9.17, 15) is 9.59 Å². The van der Waals surface area contributed by atoms with Crippen LogP contribution in [-0.4, -0.2) is 29.8 Å².